The zero-order valence-electron chi connectivity index (χ0n) is 37.4. The van der Waals surface area contributed by atoms with Gasteiger partial charge in [0, 0.05) is 61.5 Å². The molecule has 4 bridgehead atoms. The van der Waals surface area contributed by atoms with E-state index in [4.69, 9.17) is 25.3 Å². The van der Waals surface area contributed by atoms with E-state index in [1.165, 1.54) is 17.8 Å². The van der Waals surface area contributed by atoms with E-state index < -0.39 is 11.6 Å². The van der Waals surface area contributed by atoms with Crippen LogP contribution in [-0.4, -0.2) is 75.0 Å². The van der Waals surface area contributed by atoms with Crippen LogP contribution in [0.2, 0.25) is 0 Å². The van der Waals surface area contributed by atoms with Crippen molar-refractivity contribution in [1.82, 2.24) is 25.1 Å². The van der Waals surface area contributed by atoms with Crippen LogP contribution in [0, 0.1) is 23.2 Å². The van der Waals surface area contributed by atoms with E-state index in [0.717, 1.165) is 71.2 Å². The number of rotatable bonds is 14. The molecule has 2 amide bonds. The summed E-state index contributed by atoms with van der Waals surface area (Å²) >= 11 is 1.45. The number of carbonyl (C=O) groups is 3. The number of primary amides is 1. The molecule has 1 aliphatic heterocycles. The Hall–Kier alpha value is -5.18. The molecule has 0 saturated heterocycles. The summed E-state index contributed by atoms with van der Waals surface area (Å²) in [6.07, 6.45) is 9.44. The number of hydrogen-bond donors (Lipinski definition) is 3. The van der Waals surface area contributed by atoms with E-state index in [0.29, 0.717) is 67.7 Å². The van der Waals surface area contributed by atoms with Crippen molar-refractivity contribution in [3.05, 3.63) is 88.9 Å². The average molecular weight is 873 g/mol. The summed E-state index contributed by atoms with van der Waals surface area (Å²) < 4.78 is 16.0. The largest absolute Gasteiger partial charge is 0.455 e. The fraction of sp³-hybridized carbons (Fsp3) is 0.510. The van der Waals surface area contributed by atoms with Crippen LogP contribution in [-0.2, 0) is 33.8 Å². The van der Waals surface area contributed by atoms with E-state index >= 15 is 0 Å². The maximum Gasteiger partial charge on any atom is 0.358 e. The molecule has 63 heavy (non-hydrogen) atoms. The number of nitrogens with one attached hydrogen (secondary N) is 2. The predicted octanol–water partition coefficient (Wildman–Crippen LogP) is 8.23. The minimum Gasteiger partial charge on any atom is -0.455 e. The van der Waals surface area contributed by atoms with Crippen molar-refractivity contribution in [3.63, 3.8) is 0 Å². The van der Waals surface area contributed by atoms with Crippen molar-refractivity contribution in [2.45, 2.75) is 117 Å². The molecule has 10 rings (SSSR count). The number of pyridine rings is 1. The van der Waals surface area contributed by atoms with Crippen LogP contribution in [0.4, 0.5) is 10.9 Å². The third kappa shape index (κ3) is 8.86. The molecule has 14 heteroatoms. The molecular weight excluding hydrogens is 813 g/mol. The van der Waals surface area contributed by atoms with Gasteiger partial charge in [0.05, 0.1) is 28.6 Å². The molecule has 332 valence electrons. The van der Waals surface area contributed by atoms with Gasteiger partial charge in [-0.1, -0.05) is 49.4 Å². The molecule has 2 unspecified atom stereocenters. The van der Waals surface area contributed by atoms with Crippen LogP contribution in [0.15, 0.2) is 60.8 Å². The fourth-order valence-corrected chi connectivity index (χ4v) is 13.3. The summed E-state index contributed by atoms with van der Waals surface area (Å²) in [6, 6.07) is 17.7. The van der Waals surface area contributed by atoms with Gasteiger partial charge in [-0.15, -0.1) is 0 Å². The lowest BCUT2D eigenvalue weighted by molar-refractivity contribution is -0.247. The Labute approximate surface area is 373 Å². The van der Waals surface area contributed by atoms with Gasteiger partial charge in [-0.25, -0.2) is 14.8 Å². The lowest BCUT2D eigenvalue weighted by atomic mass is 9.39. The molecule has 3 aromatic heterocycles. The first kappa shape index (κ1) is 43.1. The normalized spacial score (nSPS) is 25.0. The number of nitrogens with two attached hydrogens (primary N) is 1. The van der Waals surface area contributed by atoms with Crippen LogP contribution >= 0.6 is 11.3 Å². The molecule has 2 atom stereocenters. The maximum absolute atomic E-state index is 14.1. The van der Waals surface area contributed by atoms with Gasteiger partial charge in [0.1, 0.15) is 11.4 Å². The minimum atomic E-state index is -0.733. The minimum absolute atomic E-state index is 0.0104. The molecule has 0 radical (unpaired) electrons. The summed E-state index contributed by atoms with van der Waals surface area (Å²) in [5, 5.41) is 11.9. The standard InChI is InChI=1S/C49H60N8O5S/c1-31-35(22-52-57(31)30-48-25-46(5)24-47(6,26-48)28-49(27-46,29-48)61-21-19-51-18-16-39(50)58)33-14-15-40(54-41(33)43(60)62-45(2,3)4)56-20-17-32-10-9-11-34(36(32)23-56)42(59)55-44-53-37-12-7-8-13-38(37)63-44/h7-15,22,51H,16-21,23-30H2,1-6H3,(H2,50,58)(H,53,55,59). The van der Waals surface area contributed by atoms with Gasteiger partial charge in [-0.2, -0.15) is 5.10 Å². The third-order valence-corrected chi connectivity index (χ3v) is 14.5. The first-order chi connectivity index (χ1) is 29.9. The number of aromatic nitrogens is 4. The molecule has 4 N–H and O–H groups in total. The highest BCUT2D eigenvalue weighted by molar-refractivity contribution is 7.22. The van der Waals surface area contributed by atoms with E-state index in [1.54, 1.807) is 0 Å². The zero-order chi connectivity index (χ0) is 44.4. The zero-order valence-corrected chi connectivity index (χ0v) is 38.3. The monoisotopic (exact) mass is 872 g/mol. The lowest BCUT2D eigenvalue weighted by Gasteiger charge is -2.69. The van der Waals surface area contributed by atoms with Crippen molar-refractivity contribution in [2.24, 2.45) is 22.0 Å². The second kappa shape index (κ2) is 16.1. The van der Waals surface area contributed by atoms with Gasteiger partial charge in [-0.3, -0.25) is 19.6 Å². The van der Waals surface area contributed by atoms with E-state index in [9.17, 15) is 14.4 Å². The number of hydrogen-bond acceptors (Lipinski definition) is 11. The van der Waals surface area contributed by atoms with Crippen molar-refractivity contribution >= 4 is 50.3 Å². The molecule has 4 aliphatic carbocycles. The Balaban J connectivity index is 0.971. The number of fused-ring (bicyclic) bond motifs is 2. The Morgan fingerprint density at radius 3 is 2.43 bits per heavy atom. The summed E-state index contributed by atoms with van der Waals surface area (Å²) in [7, 11) is 0. The Morgan fingerprint density at radius 2 is 1.68 bits per heavy atom. The molecule has 5 aromatic rings. The maximum atomic E-state index is 14.1. The van der Waals surface area contributed by atoms with Crippen molar-refractivity contribution in [3.8, 4) is 11.1 Å². The van der Waals surface area contributed by atoms with Crippen LogP contribution in [0.5, 0.6) is 0 Å². The topological polar surface area (TPSA) is 167 Å². The number of carbonyl (C=O) groups excluding carboxylic acids is 3. The first-order valence-corrected chi connectivity index (χ1v) is 23.2. The number of ether oxygens (including phenoxy) is 2. The van der Waals surface area contributed by atoms with Gasteiger partial charge in [0.25, 0.3) is 5.91 Å². The molecule has 13 nitrogen and oxygen atoms in total. The molecule has 2 aromatic carbocycles. The summed E-state index contributed by atoms with van der Waals surface area (Å²) in [6.45, 7) is 16.3. The van der Waals surface area contributed by atoms with Crippen LogP contribution in [0.1, 0.15) is 117 Å². The number of nitrogens with zero attached hydrogens (tertiary/aromatic N) is 5. The summed E-state index contributed by atoms with van der Waals surface area (Å²) in [5.74, 6) is -0.365. The van der Waals surface area contributed by atoms with Crippen LogP contribution in [0.3, 0.4) is 0 Å². The molecule has 4 saturated carbocycles. The number of thiazole rings is 1. The fourth-order valence-electron chi connectivity index (χ4n) is 12.4. The quantitative estimate of drug-likeness (QED) is 0.0731. The third-order valence-electron chi connectivity index (χ3n) is 13.6. The number of amides is 2. The number of esters is 1. The number of anilines is 2. The number of para-hydroxylation sites is 1. The van der Waals surface area contributed by atoms with Crippen molar-refractivity contribution in [2.75, 3.05) is 36.5 Å². The molecule has 4 heterocycles. The second-order valence-electron chi connectivity index (χ2n) is 20.6. The van der Waals surface area contributed by atoms with E-state index in [-0.39, 0.29) is 39.4 Å². The Morgan fingerprint density at radius 1 is 0.905 bits per heavy atom. The average Bonchev–Trinajstić information content (AvgIpc) is 3.77. The highest BCUT2D eigenvalue weighted by Gasteiger charge is 2.66. The van der Waals surface area contributed by atoms with E-state index in [2.05, 4.69) is 52.0 Å². The molecule has 0 spiro atoms. The van der Waals surface area contributed by atoms with Crippen LogP contribution < -0.4 is 21.3 Å². The smallest absolute Gasteiger partial charge is 0.358 e. The molecular formula is C49H60N8O5S. The second-order valence-corrected chi connectivity index (χ2v) is 21.6. The Kier molecular flexibility index (Phi) is 11.0. The Bertz CT molecular complexity index is 2540. The van der Waals surface area contributed by atoms with Gasteiger partial charge in [-0.05, 0) is 130 Å². The van der Waals surface area contributed by atoms with Crippen molar-refractivity contribution < 1.29 is 23.9 Å². The van der Waals surface area contributed by atoms with E-state index in [1.807, 2.05) is 75.5 Å². The highest BCUT2D eigenvalue weighted by atomic mass is 32.1. The van der Waals surface area contributed by atoms with Crippen molar-refractivity contribution in [1.29, 1.82) is 0 Å². The summed E-state index contributed by atoms with van der Waals surface area (Å²) in [4.78, 5) is 51.0. The predicted molar refractivity (Wildman–Crippen MR) is 246 cm³/mol. The SMILES string of the molecule is Cc1c(-c2ccc(N3CCc4cccc(C(=O)Nc5nc6ccccc6s5)c4C3)nc2C(=O)OC(C)(C)C)cnn1CC12CC3(C)CC(C)(C1)CC(OCCNCCC(N)=O)(C3)C2. The molecule has 4 fully saturated rings. The first-order valence-electron chi connectivity index (χ1n) is 22.3. The van der Waals surface area contributed by atoms with Gasteiger partial charge >= 0.3 is 5.97 Å². The molecule has 5 aliphatic rings. The number of benzene rings is 2. The lowest BCUT2D eigenvalue weighted by Crippen LogP contribution is -2.64. The van der Waals surface area contributed by atoms with Gasteiger partial charge in [0.2, 0.25) is 5.91 Å². The van der Waals surface area contributed by atoms with Gasteiger partial charge < -0.3 is 25.4 Å². The van der Waals surface area contributed by atoms with Gasteiger partial charge in [0.15, 0.2) is 10.8 Å². The highest BCUT2D eigenvalue weighted by Crippen LogP contribution is 2.72. The van der Waals surface area contributed by atoms with Crippen LogP contribution in [0.25, 0.3) is 21.3 Å². The summed E-state index contributed by atoms with van der Waals surface area (Å²) in [5.41, 5.74) is 11.0.